The molecule has 0 bridgehead atoms. The van der Waals surface area contributed by atoms with Crippen molar-refractivity contribution in [3.63, 3.8) is 0 Å². The number of ether oxygens (including phenoxy) is 1. The minimum absolute atomic E-state index is 0. The Balaban J connectivity index is 0.00000576. The molecule has 1 aromatic carbocycles. The standard InChI is InChI=1S/C16H26FN3O3S.HI/c1-3-18-16(20-10-11-23-12-13-24(2,21)22)19-9-8-14-4-6-15(17)7-5-14;/h4-7H,3,8-13H2,1-2H3,(H2,18,19,20);1H. The van der Waals surface area contributed by atoms with Crippen LogP contribution < -0.4 is 10.6 Å². The molecule has 0 heterocycles. The van der Waals surface area contributed by atoms with Gasteiger partial charge >= 0.3 is 0 Å². The SMILES string of the molecule is CCNC(=NCCOCCS(C)(=O)=O)NCCc1ccc(F)cc1.I. The summed E-state index contributed by atoms with van der Waals surface area (Å²) < 4.78 is 40.0. The lowest BCUT2D eigenvalue weighted by atomic mass is 10.1. The predicted octanol–water partition coefficient (Wildman–Crippen LogP) is 1.60. The van der Waals surface area contributed by atoms with E-state index in [-0.39, 0.29) is 42.2 Å². The van der Waals surface area contributed by atoms with Crippen LogP contribution in [0.5, 0.6) is 0 Å². The van der Waals surface area contributed by atoms with E-state index in [0.717, 1.165) is 18.5 Å². The molecule has 2 N–H and O–H groups in total. The van der Waals surface area contributed by atoms with Crippen molar-refractivity contribution in [1.29, 1.82) is 0 Å². The number of aliphatic imine (C=N–C) groups is 1. The Kier molecular flexibility index (Phi) is 12.8. The molecular weight excluding hydrogens is 460 g/mol. The van der Waals surface area contributed by atoms with Crippen LogP contribution in [0.3, 0.4) is 0 Å². The van der Waals surface area contributed by atoms with Crippen LogP contribution in [0.1, 0.15) is 12.5 Å². The zero-order valence-electron chi connectivity index (χ0n) is 14.6. The van der Waals surface area contributed by atoms with Crippen molar-refractivity contribution in [3.8, 4) is 0 Å². The molecule has 0 atom stereocenters. The zero-order chi connectivity index (χ0) is 17.8. The molecule has 0 aliphatic carbocycles. The van der Waals surface area contributed by atoms with Gasteiger partial charge in [-0.1, -0.05) is 12.1 Å². The molecule has 0 radical (unpaired) electrons. The maximum atomic E-state index is 12.8. The normalized spacial score (nSPS) is 11.7. The third kappa shape index (κ3) is 13.0. The second-order valence-electron chi connectivity index (χ2n) is 5.31. The lowest BCUT2D eigenvalue weighted by Gasteiger charge is -2.11. The summed E-state index contributed by atoms with van der Waals surface area (Å²) in [6, 6.07) is 6.42. The highest BCUT2D eigenvalue weighted by molar-refractivity contribution is 14.0. The second-order valence-corrected chi connectivity index (χ2v) is 7.57. The van der Waals surface area contributed by atoms with Crippen LogP contribution in [-0.4, -0.2) is 59.2 Å². The Hall–Kier alpha value is -0.940. The molecule has 9 heteroatoms. The Morgan fingerprint density at radius 2 is 1.88 bits per heavy atom. The lowest BCUT2D eigenvalue weighted by molar-refractivity contribution is 0.157. The topological polar surface area (TPSA) is 79.8 Å². The van der Waals surface area contributed by atoms with Crippen LogP contribution in [0.15, 0.2) is 29.3 Å². The first kappa shape index (κ1) is 24.1. The van der Waals surface area contributed by atoms with Crippen LogP contribution in [-0.2, 0) is 21.0 Å². The average Bonchev–Trinajstić information content (AvgIpc) is 2.51. The average molecular weight is 487 g/mol. The molecule has 0 saturated heterocycles. The highest BCUT2D eigenvalue weighted by Crippen LogP contribution is 2.02. The summed E-state index contributed by atoms with van der Waals surface area (Å²) in [6.45, 7) is 4.37. The van der Waals surface area contributed by atoms with E-state index in [1.165, 1.54) is 18.4 Å². The van der Waals surface area contributed by atoms with Gasteiger partial charge in [-0.25, -0.2) is 12.8 Å². The number of nitrogens with zero attached hydrogens (tertiary/aromatic N) is 1. The van der Waals surface area contributed by atoms with Crippen LogP contribution in [0, 0.1) is 5.82 Å². The molecule has 25 heavy (non-hydrogen) atoms. The summed E-state index contributed by atoms with van der Waals surface area (Å²) >= 11 is 0. The van der Waals surface area contributed by atoms with E-state index < -0.39 is 9.84 Å². The molecule has 1 rings (SSSR count). The van der Waals surface area contributed by atoms with Gasteiger partial charge in [0.05, 0.1) is 25.5 Å². The van der Waals surface area contributed by atoms with E-state index in [0.29, 0.717) is 25.7 Å². The molecule has 144 valence electrons. The molecule has 0 aliphatic rings. The Labute approximate surface area is 166 Å². The highest BCUT2D eigenvalue weighted by Gasteiger charge is 2.01. The van der Waals surface area contributed by atoms with Crippen LogP contribution >= 0.6 is 24.0 Å². The third-order valence-corrected chi connectivity index (χ3v) is 3.98. The number of benzene rings is 1. The van der Waals surface area contributed by atoms with Crippen molar-refractivity contribution in [2.45, 2.75) is 13.3 Å². The van der Waals surface area contributed by atoms with Gasteiger partial charge in [-0.3, -0.25) is 4.99 Å². The first-order chi connectivity index (χ1) is 11.4. The van der Waals surface area contributed by atoms with E-state index in [2.05, 4.69) is 15.6 Å². The van der Waals surface area contributed by atoms with Gasteiger partial charge in [0.1, 0.15) is 15.7 Å². The number of hydrogen-bond acceptors (Lipinski definition) is 4. The lowest BCUT2D eigenvalue weighted by Crippen LogP contribution is -2.38. The van der Waals surface area contributed by atoms with Crippen LogP contribution in [0.2, 0.25) is 0 Å². The first-order valence-electron chi connectivity index (χ1n) is 7.93. The molecule has 0 fully saturated rings. The zero-order valence-corrected chi connectivity index (χ0v) is 17.8. The molecule has 0 unspecified atom stereocenters. The third-order valence-electron chi connectivity index (χ3n) is 3.07. The van der Waals surface area contributed by atoms with Crippen molar-refractivity contribution in [2.24, 2.45) is 4.99 Å². The smallest absolute Gasteiger partial charge is 0.191 e. The van der Waals surface area contributed by atoms with Gasteiger partial charge in [0, 0.05) is 19.3 Å². The molecule has 0 amide bonds. The molecular formula is C16H27FIN3O3S. The predicted molar refractivity (Wildman–Crippen MR) is 110 cm³/mol. The Morgan fingerprint density at radius 3 is 2.48 bits per heavy atom. The fourth-order valence-electron chi connectivity index (χ4n) is 1.85. The second kappa shape index (κ2) is 13.3. The van der Waals surface area contributed by atoms with E-state index in [1.54, 1.807) is 12.1 Å². The van der Waals surface area contributed by atoms with Gasteiger partial charge in [0.25, 0.3) is 0 Å². The summed E-state index contributed by atoms with van der Waals surface area (Å²) in [6.07, 6.45) is 1.94. The van der Waals surface area contributed by atoms with E-state index in [9.17, 15) is 12.8 Å². The Bertz CT molecular complexity index is 610. The van der Waals surface area contributed by atoms with Crippen molar-refractivity contribution in [2.75, 3.05) is 44.9 Å². The largest absolute Gasteiger partial charge is 0.378 e. The van der Waals surface area contributed by atoms with Crippen molar-refractivity contribution in [3.05, 3.63) is 35.6 Å². The minimum atomic E-state index is -2.99. The molecule has 1 aromatic rings. The van der Waals surface area contributed by atoms with Crippen LogP contribution in [0.4, 0.5) is 4.39 Å². The minimum Gasteiger partial charge on any atom is -0.378 e. The fraction of sp³-hybridized carbons (Fsp3) is 0.562. The number of nitrogens with one attached hydrogen (secondary N) is 2. The maximum Gasteiger partial charge on any atom is 0.191 e. The van der Waals surface area contributed by atoms with Crippen molar-refractivity contribution < 1.29 is 17.5 Å². The van der Waals surface area contributed by atoms with Gasteiger partial charge < -0.3 is 15.4 Å². The maximum absolute atomic E-state index is 12.8. The van der Waals surface area contributed by atoms with Gasteiger partial charge in [-0.15, -0.1) is 24.0 Å². The first-order valence-corrected chi connectivity index (χ1v) is 9.99. The van der Waals surface area contributed by atoms with Gasteiger partial charge in [0.2, 0.25) is 0 Å². The van der Waals surface area contributed by atoms with Gasteiger partial charge in [-0.05, 0) is 31.0 Å². The van der Waals surface area contributed by atoms with Crippen molar-refractivity contribution >= 4 is 39.8 Å². The number of guanidine groups is 1. The summed E-state index contributed by atoms with van der Waals surface area (Å²) in [4.78, 5) is 4.35. The van der Waals surface area contributed by atoms with Crippen molar-refractivity contribution in [1.82, 2.24) is 10.6 Å². The molecule has 0 spiro atoms. The highest BCUT2D eigenvalue weighted by atomic mass is 127. The van der Waals surface area contributed by atoms with E-state index >= 15 is 0 Å². The monoisotopic (exact) mass is 487 g/mol. The number of sulfone groups is 1. The quantitative estimate of drug-likeness (QED) is 0.227. The summed E-state index contributed by atoms with van der Waals surface area (Å²) in [7, 11) is -2.99. The van der Waals surface area contributed by atoms with Gasteiger partial charge in [-0.2, -0.15) is 0 Å². The van der Waals surface area contributed by atoms with E-state index in [4.69, 9.17) is 4.74 Å². The molecule has 0 saturated carbocycles. The summed E-state index contributed by atoms with van der Waals surface area (Å²) in [5, 5.41) is 6.31. The Morgan fingerprint density at radius 1 is 1.20 bits per heavy atom. The molecule has 0 aliphatic heterocycles. The summed E-state index contributed by atoms with van der Waals surface area (Å²) in [5.41, 5.74) is 1.05. The molecule has 6 nitrogen and oxygen atoms in total. The van der Waals surface area contributed by atoms with E-state index in [1.807, 2.05) is 6.92 Å². The summed E-state index contributed by atoms with van der Waals surface area (Å²) in [5.74, 6) is 0.455. The number of rotatable bonds is 10. The number of hydrogen-bond donors (Lipinski definition) is 2. The molecule has 0 aromatic heterocycles. The van der Waals surface area contributed by atoms with Gasteiger partial charge in [0.15, 0.2) is 5.96 Å². The van der Waals surface area contributed by atoms with Crippen LogP contribution in [0.25, 0.3) is 0 Å². The number of halogens is 2. The fourth-order valence-corrected chi connectivity index (χ4v) is 2.27.